The summed E-state index contributed by atoms with van der Waals surface area (Å²) in [6, 6.07) is 12.3. The minimum atomic E-state index is -0.170. The third kappa shape index (κ3) is 6.82. The molecular weight excluding hydrogens is 363 g/mol. The Kier molecular flexibility index (Phi) is 7.85. The monoisotopic (exact) mass is 382 g/mol. The van der Waals surface area contributed by atoms with E-state index in [0.29, 0.717) is 35.6 Å². The van der Waals surface area contributed by atoms with Crippen molar-refractivity contribution in [3.63, 3.8) is 0 Å². The van der Waals surface area contributed by atoms with Gasteiger partial charge in [-0.2, -0.15) is 0 Å². The molecular formula is C18H20Cl2N2O3. The largest absolute Gasteiger partial charge is 0.491 e. The van der Waals surface area contributed by atoms with Crippen molar-refractivity contribution >= 4 is 40.5 Å². The molecule has 2 aromatic carbocycles. The Balaban J connectivity index is 1.77. The van der Waals surface area contributed by atoms with Gasteiger partial charge in [0.2, 0.25) is 5.91 Å². The second-order valence-electron chi connectivity index (χ2n) is 5.10. The SMILES string of the molecule is CCOCCOc1ccc(NC(=O)CNc2ccc(Cl)c(Cl)c2)cc1. The molecule has 2 rings (SSSR count). The molecule has 0 aromatic heterocycles. The van der Waals surface area contributed by atoms with Crippen LogP contribution in [0.4, 0.5) is 11.4 Å². The van der Waals surface area contributed by atoms with E-state index in [1.54, 1.807) is 42.5 Å². The highest BCUT2D eigenvalue weighted by atomic mass is 35.5. The van der Waals surface area contributed by atoms with Gasteiger partial charge in [0.15, 0.2) is 0 Å². The number of rotatable bonds is 9. The van der Waals surface area contributed by atoms with E-state index in [1.807, 2.05) is 6.92 Å². The van der Waals surface area contributed by atoms with Gasteiger partial charge in [0.05, 0.1) is 23.2 Å². The fraction of sp³-hybridized carbons (Fsp3) is 0.278. The summed E-state index contributed by atoms with van der Waals surface area (Å²) in [4.78, 5) is 12.0. The van der Waals surface area contributed by atoms with Crippen LogP contribution >= 0.6 is 23.2 Å². The number of nitrogens with one attached hydrogen (secondary N) is 2. The number of ether oxygens (including phenoxy) is 2. The lowest BCUT2D eigenvalue weighted by Crippen LogP contribution is -2.21. The molecule has 0 unspecified atom stereocenters. The van der Waals surface area contributed by atoms with E-state index in [9.17, 15) is 4.79 Å². The van der Waals surface area contributed by atoms with E-state index >= 15 is 0 Å². The zero-order valence-electron chi connectivity index (χ0n) is 13.9. The minimum absolute atomic E-state index is 0.116. The van der Waals surface area contributed by atoms with Crippen LogP contribution in [0.25, 0.3) is 0 Å². The third-order valence-electron chi connectivity index (χ3n) is 3.21. The van der Waals surface area contributed by atoms with Crippen molar-refractivity contribution in [3.8, 4) is 5.75 Å². The van der Waals surface area contributed by atoms with Gasteiger partial charge in [0.25, 0.3) is 0 Å². The Labute approximate surface area is 157 Å². The van der Waals surface area contributed by atoms with Crippen LogP contribution in [0.15, 0.2) is 42.5 Å². The van der Waals surface area contributed by atoms with Gasteiger partial charge in [-0.05, 0) is 49.4 Å². The third-order valence-corrected chi connectivity index (χ3v) is 3.95. The summed E-state index contributed by atoms with van der Waals surface area (Å²) in [5.41, 5.74) is 1.42. The number of hydrogen-bond acceptors (Lipinski definition) is 4. The summed E-state index contributed by atoms with van der Waals surface area (Å²) in [6.45, 7) is 3.77. The topological polar surface area (TPSA) is 59.6 Å². The molecule has 0 fully saturated rings. The quantitative estimate of drug-likeness (QED) is 0.628. The minimum Gasteiger partial charge on any atom is -0.491 e. The van der Waals surface area contributed by atoms with E-state index in [2.05, 4.69) is 10.6 Å². The maximum Gasteiger partial charge on any atom is 0.243 e. The van der Waals surface area contributed by atoms with Crippen molar-refractivity contribution in [1.82, 2.24) is 0 Å². The summed E-state index contributed by atoms with van der Waals surface area (Å²) in [5.74, 6) is 0.558. The van der Waals surface area contributed by atoms with Crippen molar-refractivity contribution in [2.45, 2.75) is 6.92 Å². The average molecular weight is 383 g/mol. The zero-order chi connectivity index (χ0) is 18.1. The lowest BCUT2D eigenvalue weighted by atomic mass is 10.3. The van der Waals surface area contributed by atoms with E-state index in [4.69, 9.17) is 32.7 Å². The number of amides is 1. The molecule has 0 heterocycles. The Morgan fingerprint density at radius 1 is 1.00 bits per heavy atom. The number of benzene rings is 2. The molecule has 5 nitrogen and oxygen atoms in total. The molecule has 0 spiro atoms. The van der Waals surface area contributed by atoms with Crippen molar-refractivity contribution < 1.29 is 14.3 Å². The molecule has 25 heavy (non-hydrogen) atoms. The fourth-order valence-electron chi connectivity index (χ4n) is 1.99. The van der Waals surface area contributed by atoms with E-state index in [-0.39, 0.29) is 12.5 Å². The summed E-state index contributed by atoms with van der Waals surface area (Å²) < 4.78 is 10.7. The van der Waals surface area contributed by atoms with Gasteiger partial charge in [0.1, 0.15) is 12.4 Å². The van der Waals surface area contributed by atoms with E-state index in [1.165, 1.54) is 0 Å². The first-order valence-corrected chi connectivity index (χ1v) is 8.63. The molecule has 0 aliphatic carbocycles. The fourth-order valence-corrected chi connectivity index (χ4v) is 2.29. The highest BCUT2D eigenvalue weighted by Crippen LogP contribution is 2.24. The molecule has 2 N–H and O–H groups in total. The molecule has 2 aromatic rings. The van der Waals surface area contributed by atoms with Gasteiger partial charge in [-0.3, -0.25) is 4.79 Å². The standard InChI is InChI=1S/C18H20Cl2N2O3/c1-2-24-9-10-25-15-6-3-13(4-7-15)22-18(23)12-21-14-5-8-16(19)17(20)11-14/h3-8,11,21H,2,9-10,12H2,1H3,(H,22,23). The summed E-state index contributed by atoms with van der Waals surface area (Å²) >= 11 is 11.8. The van der Waals surface area contributed by atoms with Crippen molar-refractivity contribution in [2.24, 2.45) is 0 Å². The van der Waals surface area contributed by atoms with Crippen LogP contribution in [0.3, 0.4) is 0 Å². The number of carbonyl (C=O) groups excluding carboxylic acids is 1. The lowest BCUT2D eigenvalue weighted by Gasteiger charge is -2.10. The Bertz CT molecular complexity index is 693. The van der Waals surface area contributed by atoms with Gasteiger partial charge in [-0.25, -0.2) is 0 Å². The molecule has 7 heteroatoms. The molecule has 0 saturated heterocycles. The Morgan fingerprint density at radius 3 is 2.40 bits per heavy atom. The first-order valence-electron chi connectivity index (χ1n) is 7.88. The van der Waals surface area contributed by atoms with Gasteiger partial charge >= 0.3 is 0 Å². The summed E-state index contributed by atoms with van der Waals surface area (Å²) in [5, 5.41) is 6.70. The van der Waals surface area contributed by atoms with Crippen molar-refractivity contribution in [2.75, 3.05) is 37.0 Å². The highest BCUT2D eigenvalue weighted by Gasteiger charge is 2.04. The Hall–Kier alpha value is -1.95. The molecule has 0 aliphatic rings. The van der Waals surface area contributed by atoms with E-state index in [0.717, 1.165) is 11.4 Å². The molecule has 0 atom stereocenters. The number of anilines is 2. The van der Waals surface area contributed by atoms with E-state index < -0.39 is 0 Å². The zero-order valence-corrected chi connectivity index (χ0v) is 15.4. The second kappa shape index (κ2) is 10.1. The summed E-state index contributed by atoms with van der Waals surface area (Å²) in [6.07, 6.45) is 0. The molecule has 0 bridgehead atoms. The number of halogens is 2. The summed E-state index contributed by atoms with van der Waals surface area (Å²) in [7, 11) is 0. The maximum absolute atomic E-state index is 12.0. The molecule has 0 saturated carbocycles. The second-order valence-corrected chi connectivity index (χ2v) is 5.91. The van der Waals surface area contributed by atoms with Crippen LogP contribution in [0.1, 0.15) is 6.92 Å². The van der Waals surface area contributed by atoms with Crippen LogP contribution in [-0.4, -0.2) is 32.3 Å². The molecule has 134 valence electrons. The van der Waals surface area contributed by atoms with Gasteiger partial charge in [-0.15, -0.1) is 0 Å². The first kappa shape index (κ1) is 19.4. The number of hydrogen-bond donors (Lipinski definition) is 2. The van der Waals surface area contributed by atoms with Crippen LogP contribution in [-0.2, 0) is 9.53 Å². The predicted molar refractivity (Wildman–Crippen MR) is 102 cm³/mol. The lowest BCUT2D eigenvalue weighted by molar-refractivity contribution is -0.114. The van der Waals surface area contributed by atoms with Gasteiger partial charge < -0.3 is 20.1 Å². The predicted octanol–water partition coefficient (Wildman–Crippen LogP) is 4.46. The van der Waals surface area contributed by atoms with Crippen LogP contribution in [0.5, 0.6) is 5.75 Å². The highest BCUT2D eigenvalue weighted by molar-refractivity contribution is 6.42. The average Bonchev–Trinajstić information content (AvgIpc) is 2.61. The normalized spacial score (nSPS) is 10.4. The molecule has 1 amide bonds. The van der Waals surface area contributed by atoms with Crippen molar-refractivity contribution in [1.29, 1.82) is 0 Å². The van der Waals surface area contributed by atoms with Gasteiger partial charge in [0, 0.05) is 18.0 Å². The van der Waals surface area contributed by atoms with Gasteiger partial charge in [-0.1, -0.05) is 23.2 Å². The van der Waals surface area contributed by atoms with Crippen LogP contribution in [0, 0.1) is 0 Å². The van der Waals surface area contributed by atoms with Crippen LogP contribution < -0.4 is 15.4 Å². The number of carbonyl (C=O) groups is 1. The molecule has 0 radical (unpaired) electrons. The Morgan fingerprint density at radius 2 is 1.72 bits per heavy atom. The van der Waals surface area contributed by atoms with Crippen molar-refractivity contribution in [3.05, 3.63) is 52.5 Å². The maximum atomic E-state index is 12.0. The van der Waals surface area contributed by atoms with Crippen LogP contribution in [0.2, 0.25) is 10.0 Å². The molecule has 0 aliphatic heterocycles. The smallest absolute Gasteiger partial charge is 0.243 e. The first-order chi connectivity index (χ1) is 12.1.